The SMILES string of the molecule is O=S(=O)(Nc1ccc2c(c1)CCC2)c1ccc(F)c(F)c1. The van der Waals surface area contributed by atoms with E-state index in [0.717, 1.165) is 37.0 Å². The van der Waals surface area contributed by atoms with Crippen LogP contribution in [0.5, 0.6) is 0 Å². The molecule has 0 bridgehead atoms. The third kappa shape index (κ3) is 2.76. The normalized spacial score (nSPS) is 14.0. The minimum absolute atomic E-state index is 0.304. The van der Waals surface area contributed by atoms with Crippen LogP contribution >= 0.6 is 0 Å². The van der Waals surface area contributed by atoms with Crippen molar-refractivity contribution >= 4 is 15.7 Å². The lowest BCUT2D eigenvalue weighted by atomic mass is 10.1. The number of hydrogen-bond donors (Lipinski definition) is 1. The Kier molecular flexibility index (Phi) is 3.41. The van der Waals surface area contributed by atoms with Crippen LogP contribution in [0.3, 0.4) is 0 Å². The van der Waals surface area contributed by atoms with Gasteiger partial charge in [0.1, 0.15) is 0 Å². The summed E-state index contributed by atoms with van der Waals surface area (Å²) in [5.41, 5.74) is 2.78. The molecule has 0 unspecified atom stereocenters. The Morgan fingerprint density at radius 1 is 0.905 bits per heavy atom. The maximum Gasteiger partial charge on any atom is 0.261 e. The number of fused-ring (bicyclic) bond motifs is 1. The average molecular weight is 309 g/mol. The van der Waals surface area contributed by atoms with Crippen LogP contribution in [0.2, 0.25) is 0 Å². The topological polar surface area (TPSA) is 46.2 Å². The maximum atomic E-state index is 13.2. The summed E-state index contributed by atoms with van der Waals surface area (Å²) in [5.74, 6) is -2.27. The quantitative estimate of drug-likeness (QED) is 0.946. The highest BCUT2D eigenvalue weighted by Crippen LogP contribution is 2.26. The van der Waals surface area contributed by atoms with E-state index in [1.807, 2.05) is 6.07 Å². The molecule has 0 aromatic heterocycles. The number of anilines is 1. The van der Waals surface area contributed by atoms with Crippen molar-refractivity contribution in [3.63, 3.8) is 0 Å². The lowest BCUT2D eigenvalue weighted by Gasteiger charge is -2.10. The molecule has 0 radical (unpaired) electrons. The predicted molar refractivity (Wildman–Crippen MR) is 75.6 cm³/mol. The van der Waals surface area contributed by atoms with Gasteiger partial charge in [0, 0.05) is 5.69 Å². The summed E-state index contributed by atoms with van der Waals surface area (Å²) in [7, 11) is -3.93. The van der Waals surface area contributed by atoms with E-state index in [2.05, 4.69) is 4.72 Å². The van der Waals surface area contributed by atoms with Crippen LogP contribution in [-0.4, -0.2) is 8.42 Å². The number of sulfonamides is 1. The number of rotatable bonds is 3. The molecule has 21 heavy (non-hydrogen) atoms. The Bertz CT molecular complexity index is 803. The summed E-state index contributed by atoms with van der Waals surface area (Å²) in [5, 5.41) is 0. The number of nitrogens with one attached hydrogen (secondary N) is 1. The van der Waals surface area contributed by atoms with E-state index in [4.69, 9.17) is 0 Å². The Labute approximate surface area is 121 Å². The van der Waals surface area contributed by atoms with Crippen molar-refractivity contribution in [3.8, 4) is 0 Å². The van der Waals surface area contributed by atoms with Gasteiger partial charge in [0.15, 0.2) is 11.6 Å². The fourth-order valence-electron chi connectivity index (χ4n) is 2.49. The molecule has 0 spiro atoms. The zero-order chi connectivity index (χ0) is 15.0. The average Bonchev–Trinajstić information content (AvgIpc) is 2.88. The molecule has 1 aliphatic rings. The molecular formula is C15H13F2NO2S. The summed E-state index contributed by atoms with van der Waals surface area (Å²) in [4.78, 5) is -0.304. The third-order valence-corrected chi connectivity index (χ3v) is 4.93. The molecule has 110 valence electrons. The van der Waals surface area contributed by atoms with Gasteiger partial charge in [-0.05, 0) is 60.7 Å². The second kappa shape index (κ2) is 5.11. The second-order valence-electron chi connectivity index (χ2n) is 5.02. The minimum Gasteiger partial charge on any atom is -0.280 e. The molecule has 0 saturated carbocycles. The molecule has 3 nitrogen and oxygen atoms in total. The molecule has 0 saturated heterocycles. The molecule has 0 fully saturated rings. The summed E-state index contributed by atoms with van der Waals surface area (Å²) >= 11 is 0. The molecule has 0 heterocycles. The van der Waals surface area contributed by atoms with Crippen LogP contribution in [0.4, 0.5) is 14.5 Å². The zero-order valence-corrected chi connectivity index (χ0v) is 11.9. The Balaban J connectivity index is 1.90. The molecule has 2 aromatic carbocycles. The van der Waals surface area contributed by atoms with Gasteiger partial charge in [-0.1, -0.05) is 6.07 Å². The standard InChI is InChI=1S/C15H13F2NO2S/c16-14-7-6-13(9-15(14)17)21(19,20)18-12-5-4-10-2-1-3-11(10)8-12/h4-9,18H,1-3H2. The summed E-state index contributed by atoms with van der Waals surface area (Å²) in [6.45, 7) is 0. The summed E-state index contributed by atoms with van der Waals surface area (Å²) < 4.78 is 52.8. The fraction of sp³-hybridized carbons (Fsp3) is 0.200. The largest absolute Gasteiger partial charge is 0.280 e. The Hall–Kier alpha value is -1.95. The summed E-state index contributed by atoms with van der Waals surface area (Å²) in [6, 6.07) is 7.87. The van der Waals surface area contributed by atoms with Crippen molar-refractivity contribution in [1.29, 1.82) is 0 Å². The first kappa shape index (κ1) is 14.0. The van der Waals surface area contributed by atoms with E-state index in [9.17, 15) is 17.2 Å². The lowest BCUT2D eigenvalue weighted by molar-refractivity contribution is 0.504. The highest BCUT2D eigenvalue weighted by atomic mass is 32.2. The van der Waals surface area contributed by atoms with E-state index >= 15 is 0 Å². The molecule has 0 aliphatic heterocycles. The van der Waals surface area contributed by atoms with E-state index in [1.165, 1.54) is 5.56 Å². The van der Waals surface area contributed by atoms with Crippen molar-refractivity contribution in [3.05, 3.63) is 59.2 Å². The first-order valence-electron chi connectivity index (χ1n) is 6.55. The van der Waals surface area contributed by atoms with E-state index < -0.39 is 21.7 Å². The van der Waals surface area contributed by atoms with Crippen molar-refractivity contribution in [1.82, 2.24) is 0 Å². The first-order valence-corrected chi connectivity index (χ1v) is 8.04. The van der Waals surface area contributed by atoms with Gasteiger partial charge < -0.3 is 0 Å². The predicted octanol–water partition coefficient (Wildman–Crippen LogP) is 3.25. The molecule has 1 aliphatic carbocycles. The lowest BCUT2D eigenvalue weighted by Crippen LogP contribution is -2.13. The van der Waals surface area contributed by atoms with Crippen LogP contribution in [0.15, 0.2) is 41.3 Å². The molecule has 1 N–H and O–H groups in total. The van der Waals surface area contributed by atoms with Crippen molar-refractivity contribution in [2.24, 2.45) is 0 Å². The molecule has 0 atom stereocenters. The number of hydrogen-bond acceptors (Lipinski definition) is 2. The van der Waals surface area contributed by atoms with Crippen LogP contribution in [0.25, 0.3) is 0 Å². The highest BCUT2D eigenvalue weighted by Gasteiger charge is 2.18. The summed E-state index contributed by atoms with van der Waals surface area (Å²) in [6.07, 6.45) is 3.00. The third-order valence-electron chi connectivity index (χ3n) is 3.55. The van der Waals surface area contributed by atoms with Gasteiger partial charge in [0.2, 0.25) is 0 Å². The maximum absolute atomic E-state index is 13.2. The van der Waals surface area contributed by atoms with Crippen molar-refractivity contribution in [2.45, 2.75) is 24.2 Å². The highest BCUT2D eigenvalue weighted by molar-refractivity contribution is 7.92. The van der Waals surface area contributed by atoms with Crippen LogP contribution in [0.1, 0.15) is 17.5 Å². The molecular weight excluding hydrogens is 296 g/mol. The Morgan fingerprint density at radius 2 is 1.67 bits per heavy atom. The van der Waals surface area contributed by atoms with Crippen molar-refractivity contribution in [2.75, 3.05) is 4.72 Å². The number of benzene rings is 2. The zero-order valence-electron chi connectivity index (χ0n) is 11.1. The van der Waals surface area contributed by atoms with E-state index in [0.29, 0.717) is 11.8 Å². The van der Waals surface area contributed by atoms with Gasteiger partial charge in [-0.15, -0.1) is 0 Å². The van der Waals surface area contributed by atoms with Gasteiger partial charge in [-0.2, -0.15) is 0 Å². The van der Waals surface area contributed by atoms with Gasteiger partial charge in [0.25, 0.3) is 10.0 Å². The smallest absolute Gasteiger partial charge is 0.261 e. The van der Waals surface area contributed by atoms with E-state index in [-0.39, 0.29) is 4.90 Å². The first-order chi connectivity index (χ1) is 9.95. The second-order valence-corrected chi connectivity index (χ2v) is 6.70. The fourth-order valence-corrected chi connectivity index (χ4v) is 3.55. The van der Waals surface area contributed by atoms with Crippen LogP contribution < -0.4 is 4.72 Å². The van der Waals surface area contributed by atoms with E-state index in [1.54, 1.807) is 12.1 Å². The van der Waals surface area contributed by atoms with Gasteiger partial charge in [-0.25, -0.2) is 17.2 Å². The van der Waals surface area contributed by atoms with Gasteiger partial charge >= 0.3 is 0 Å². The molecule has 2 aromatic rings. The minimum atomic E-state index is -3.93. The van der Waals surface area contributed by atoms with Gasteiger partial charge in [0.05, 0.1) is 4.90 Å². The number of aryl methyl sites for hydroxylation is 2. The molecule has 6 heteroatoms. The monoisotopic (exact) mass is 309 g/mol. The van der Waals surface area contributed by atoms with Crippen molar-refractivity contribution < 1.29 is 17.2 Å². The molecule has 3 rings (SSSR count). The van der Waals surface area contributed by atoms with Crippen LogP contribution in [0, 0.1) is 11.6 Å². The van der Waals surface area contributed by atoms with Crippen LogP contribution in [-0.2, 0) is 22.9 Å². The molecule has 0 amide bonds. The van der Waals surface area contributed by atoms with Gasteiger partial charge in [-0.3, -0.25) is 4.72 Å². The Morgan fingerprint density at radius 3 is 2.43 bits per heavy atom. The number of halogens is 2.